The predicted octanol–water partition coefficient (Wildman–Crippen LogP) is 9.17. The first-order chi connectivity index (χ1) is 18.2. The molecule has 1 heterocycles. The van der Waals surface area contributed by atoms with Gasteiger partial charge < -0.3 is 0 Å². The van der Waals surface area contributed by atoms with Crippen LogP contribution in [0.25, 0.3) is 45.2 Å². The van der Waals surface area contributed by atoms with Crippen LogP contribution in [-0.4, -0.2) is 0 Å². The highest BCUT2D eigenvalue weighted by Gasteiger charge is 2.05. The Morgan fingerprint density at radius 2 is 0.703 bits per heavy atom. The Hall–Kier alpha value is -4.96. The van der Waals surface area contributed by atoms with Crippen LogP contribution in [-0.2, 0) is 0 Å². The van der Waals surface area contributed by atoms with E-state index < -0.39 is 0 Å². The maximum Gasteiger partial charge on any atom is 0.0991 e. The van der Waals surface area contributed by atoms with Gasteiger partial charge in [-0.2, -0.15) is 10.5 Å². The number of rotatable bonds is 6. The summed E-state index contributed by atoms with van der Waals surface area (Å²) in [5.74, 6) is 0. The van der Waals surface area contributed by atoms with Gasteiger partial charge in [0.05, 0.1) is 23.3 Å². The van der Waals surface area contributed by atoms with Crippen molar-refractivity contribution in [2.24, 2.45) is 0 Å². The molecule has 0 fully saturated rings. The normalized spacial score (nSPS) is 11.0. The summed E-state index contributed by atoms with van der Waals surface area (Å²) in [4.78, 5) is 2.48. The van der Waals surface area contributed by atoms with E-state index in [1.165, 1.54) is 20.9 Å². The molecule has 0 saturated carbocycles. The summed E-state index contributed by atoms with van der Waals surface area (Å²) in [5.41, 5.74) is 8.16. The molecular formula is C34H22N2S. The molecule has 0 radical (unpaired) electrons. The summed E-state index contributed by atoms with van der Waals surface area (Å²) < 4.78 is 0. The molecule has 37 heavy (non-hydrogen) atoms. The molecule has 0 atom stereocenters. The molecule has 1 aromatic heterocycles. The molecule has 0 amide bonds. The van der Waals surface area contributed by atoms with Crippen LogP contribution < -0.4 is 0 Å². The molecule has 4 aromatic carbocycles. The molecule has 0 N–H and O–H groups in total. The molecule has 174 valence electrons. The fourth-order valence-electron chi connectivity index (χ4n) is 3.89. The van der Waals surface area contributed by atoms with E-state index >= 15 is 0 Å². The highest BCUT2D eigenvalue weighted by atomic mass is 32.1. The van der Waals surface area contributed by atoms with Crippen LogP contribution in [0.3, 0.4) is 0 Å². The van der Waals surface area contributed by atoms with Crippen molar-refractivity contribution in [3.8, 4) is 33.0 Å². The van der Waals surface area contributed by atoms with Gasteiger partial charge in [0, 0.05) is 9.75 Å². The minimum atomic E-state index is 0.671. The summed E-state index contributed by atoms with van der Waals surface area (Å²) in [5, 5.41) is 17.9. The first-order valence-corrected chi connectivity index (χ1v) is 12.7. The third-order valence-electron chi connectivity index (χ3n) is 6.01. The molecule has 5 aromatic rings. The van der Waals surface area contributed by atoms with Crippen molar-refractivity contribution in [2.45, 2.75) is 0 Å². The second-order valence-corrected chi connectivity index (χ2v) is 9.63. The van der Waals surface area contributed by atoms with Gasteiger partial charge in [-0.1, -0.05) is 97.1 Å². The number of thiophene rings is 1. The van der Waals surface area contributed by atoms with E-state index in [-0.39, 0.29) is 0 Å². The van der Waals surface area contributed by atoms with Gasteiger partial charge in [-0.05, 0) is 69.8 Å². The van der Waals surface area contributed by atoms with Gasteiger partial charge in [-0.3, -0.25) is 0 Å². The van der Waals surface area contributed by atoms with Crippen molar-refractivity contribution >= 4 is 35.6 Å². The molecule has 0 aliphatic carbocycles. The molecule has 0 aliphatic heterocycles. The number of nitriles is 2. The van der Waals surface area contributed by atoms with Crippen molar-refractivity contribution in [1.82, 2.24) is 0 Å². The van der Waals surface area contributed by atoms with Gasteiger partial charge >= 0.3 is 0 Å². The van der Waals surface area contributed by atoms with Gasteiger partial charge in [0.25, 0.3) is 0 Å². The lowest BCUT2D eigenvalue weighted by Gasteiger charge is -2.01. The third-order valence-corrected chi connectivity index (χ3v) is 7.20. The lowest BCUT2D eigenvalue weighted by atomic mass is 10.1. The summed E-state index contributed by atoms with van der Waals surface area (Å²) in [7, 11) is 0. The maximum atomic E-state index is 8.93. The molecule has 5 rings (SSSR count). The monoisotopic (exact) mass is 490 g/mol. The van der Waals surface area contributed by atoms with Crippen molar-refractivity contribution in [1.29, 1.82) is 10.5 Å². The SMILES string of the molecule is N#Cc1ccc(C=Cc2ccc(-c3ccc(-c4ccc(C=Cc5ccc(C#N)cc5)cc4)s3)cc2)cc1. The Kier molecular flexibility index (Phi) is 7.19. The lowest BCUT2D eigenvalue weighted by molar-refractivity contribution is 1.48. The fourth-order valence-corrected chi connectivity index (χ4v) is 4.90. The van der Waals surface area contributed by atoms with Crippen molar-refractivity contribution in [2.75, 3.05) is 0 Å². The Morgan fingerprint density at radius 1 is 0.405 bits per heavy atom. The van der Waals surface area contributed by atoms with Gasteiger partial charge in [0.15, 0.2) is 0 Å². The summed E-state index contributed by atoms with van der Waals surface area (Å²) >= 11 is 1.79. The van der Waals surface area contributed by atoms with Crippen LogP contribution in [0.5, 0.6) is 0 Å². The number of nitrogens with zero attached hydrogens (tertiary/aromatic N) is 2. The predicted molar refractivity (Wildman–Crippen MR) is 155 cm³/mol. The van der Waals surface area contributed by atoms with Crippen molar-refractivity contribution in [3.05, 3.63) is 143 Å². The average molecular weight is 491 g/mol. The zero-order valence-corrected chi connectivity index (χ0v) is 20.8. The van der Waals surface area contributed by atoms with Gasteiger partial charge in [0.2, 0.25) is 0 Å². The van der Waals surface area contributed by atoms with Crippen LogP contribution >= 0.6 is 11.3 Å². The smallest absolute Gasteiger partial charge is 0.0991 e. The van der Waals surface area contributed by atoms with E-state index in [1.807, 2.05) is 48.5 Å². The number of benzene rings is 4. The summed E-state index contributed by atoms with van der Waals surface area (Å²) in [6, 6.07) is 40.9. The Bertz CT molecular complexity index is 1510. The van der Waals surface area contributed by atoms with Crippen LogP contribution in [0.15, 0.2) is 109 Å². The Morgan fingerprint density at radius 3 is 1.00 bits per heavy atom. The molecule has 0 aliphatic rings. The van der Waals surface area contributed by atoms with Crippen molar-refractivity contribution < 1.29 is 0 Å². The van der Waals surface area contributed by atoms with Crippen LogP contribution in [0, 0.1) is 22.7 Å². The second kappa shape index (κ2) is 11.2. The Balaban J connectivity index is 1.24. The topological polar surface area (TPSA) is 47.6 Å². The zero-order valence-electron chi connectivity index (χ0n) is 20.0. The molecule has 0 spiro atoms. The summed E-state index contributed by atoms with van der Waals surface area (Å²) in [6.07, 6.45) is 8.29. The third kappa shape index (κ3) is 6.00. The molecule has 2 nitrogen and oxygen atoms in total. The minimum Gasteiger partial charge on any atom is -0.192 e. The van der Waals surface area contributed by atoms with Gasteiger partial charge in [-0.15, -0.1) is 11.3 Å². The minimum absolute atomic E-state index is 0.671. The van der Waals surface area contributed by atoms with Crippen LogP contribution in [0.4, 0.5) is 0 Å². The van der Waals surface area contributed by atoms with Gasteiger partial charge in [-0.25, -0.2) is 0 Å². The number of hydrogen-bond acceptors (Lipinski definition) is 3. The first kappa shape index (κ1) is 23.8. The highest BCUT2D eigenvalue weighted by molar-refractivity contribution is 7.18. The lowest BCUT2D eigenvalue weighted by Crippen LogP contribution is -1.77. The molecule has 0 saturated heterocycles. The quantitative estimate of drug-likeness (QED) is 0.223. The Labute approximate surface area is 221 Å². The highest BCUT2D eigenvalue weighted by Crippen LogP contribution is 2.35. The van der Waals surface area contributed by atoms with Crippen LogP contribution in [0.1, 0.15) is 33.4 Å². The molecule has 3 heteroatoms. The van der Waals surface area contributed by atoms with E-state index in [0.29, 0.717) is 11.1 Å². The van der Waals surface area contributed by atoms with E-state index in [2.05, 4.69) is 97.1 Å². The van der Waals surface area contributed by atoms with E-state index in [4.69, 9.17) is 10.5 Å². The maximum absolute atomic E-state index is 8.93. The zero-order chi connectivity index (χ0) is 25.5. The largest absolute Gasteiger partial charge is 0.192 e. The van der Waals surface area contributed by atoms with Gasteiger partial charge in [0.1, 0.15) is 0 Å². The molecule has 0 unspecified atom stereocenters. The van der Waals surface area contributed by atoms with Crippen LogP contribution in [0.2, 0.25) is 0 Å². The summed E-state index contributed by atoms with van der Waals surface area (Å²) in [6.45, 7) is 0. The fraction of sp³-hybridized carbons (Fsp3) is 0. The van der Waals surface area contributed by atoms with E-state index in [9.17, 15) is 0 Å². The molecule has 0 bridgehead atoms. The second-order valence-electron chi connectivity index (χ2n) is 8.54. The van der Waals surface area contributed by atoms with E-state index in [0.717, 1.165) is 22.3 Å². The van der Waals surface area contributed by atoms with E-state index in [1.54, 1.807) is 11.3 Å². The number of hydrogen-bond donors (Lipinski definition) is 0. The molecular weight excluding hydrogens is 468 g/mol. The van der Waals surface area contributed by atoms with Crippen molar-refractivity contribution in [3.63, 3.8) is 0 Å². The standard InChI is InChI=1S/C34H22N2S/c35-23-29-9-5-25(6-10-29)1-3-27-13-17-31(18-14-27)33-21-22-34(37-33)32-19-15-28(16-20-32)4-2-26-7-11-30(24-36)12-8-26/h1-22H. The average Bonchev–Trinajstić information content (AvgIpc) is 3.46. The first-order valence-electron chi connectivity index (χ1n) is 11.9.